The Labute approximate surface area is 128 Å². The van der Waals surface area contributed by atoms with E-state index in [0.29, 0.717) is 11.3 Å². The molecule has 2 aromatic rings. The minimum absolute atomic E-state index is 0.132. The molecule has 3 rings (SSSR count). The van der Waals surface area contributed by atoms with Gasteiger partial charge in [-0.3, -0.25) is 4.79 Å². The molecule has 1 atom stereocenters. The molecule has 1 N–H and O–H groups in total. The van der Waals surface area contributed by atoms with E-state index >= 15 is 0 Å². The Kier molecular flexibility index (Phi) is 3.87. The normalized spacial score (nSPS) is 13.5. The molecule has 0 bridgehead atoms. The van der Waals surface area contributed by atoms with Gasteiger partial charge in [-0.1, -0.05) is 6.07 Å². The van der Waals surface area contributed by atoms with Crippen molar-refractivity contribution in [3.63, 3.8) is 0 Å². The van der Waals surface area contributed by atoms with Crippen molar-refractivity contribution < 1.29 is 19.0 Å². The Morgan fingerprint density at radius 1 is 1.14 bits per heavy atom. The van der Waals surface area contributed by atoms with Crippen LogP contribution in [0.2, 0.25) is 0 Å². The van der Waals surface area contributed by atoms with E-state index in [1.165, 1.54) is 0 Å². The summed E-state index contributed by atoms with van der Waals surface area (Å²) < 4.78 is 15.7. The Balaban J connectivity index is 1.70. The highest BCUT2D eigenvalue weighted by Gasteiger charge is 2.17. The number of fused-ring (bicyclic) bond motifs is 1. The van der Waals surface area contributed by atoms with E-state index in [4.69, 9.17) is 14.2 Å². The number of nitrogens with one attached hydrogen (secondary N) is 1. The molecule has 114 valence electrons. The first kappa shape index (κ1) is 14.3. The number of benzene rings is 2. The summed E-state index contributed by atoms with van der Waals surface area (Å²) in [5.74, 6) is 2.04. The van der Waals surface area contributed by atoms with Crippen molar-refractivity contribution in [3.05, 3.63) is 53.6 Å². The van der Waals surface area contributed by atoms with Gasteiger partial charge in [0, 0.05) is 5.56 Å². The van der Waals surface area contributed by atoms with Crippen molar-refractivity contribution in [2.45, 2.75) is 13.0 Å². The monoisotopic (exact) mass is 299 g/mol. The lowest BCUT2D eigenvalue weighted by Crippen LogP contribution is -2.26. The summed E-state index contributed by atoms with van der Waals surface area (Å²) in [6.07, 6.45) is 0. The SMILES string of the molecule is COc1ccc(C(=O)NC(C)c2ccc3c(c2)OCO3)cc1. The van der Waals surface area contributed by atoms with Gasteiger partial charge >= 0.3 is 0 Å². The fourth-order valence-corrected chi connectivity index (χ4v) is 2.29. The Morgan fingerprint density at radius 3 is 2.59 bits per heavy atom. The molecular weight excluding hydrogens is 282 g/mol. The van der Waals surface area contributed by atoms with Crippen LogP contribution in [0.25, 0.3) is 0 Å². The van der Waals surface area contributed by atoms with E-state index in [1.54, 1.807) is 31.4 Å². The summed E-state index contributed by atoms with van der Waals surface area (Å²) in [4.78, 5) is 12.3. The van der Waals surface area contributed by atoms with Gasteiger partial charge in [0.1, 0.15) is 5.75 Å². The van der Waals surface area contributed by atoms with Crippen LogP contribution in [0, 0.1) is 0 Å². The number of carbonyl (C=O) groups is 1. The maximum atomic E-state index is 12.3. The van der Waals surface area contributed by atoms with Gasteiger partial charge < -0.3 is 19.5 Å². The van der Waals surface area contributed by atoms with Crippen molar-refractivity contribution in [1.82, 2.24) is 5.32 Å². The summed E-state index contributed by atoms with van der Waals surface area (Å²) >= 11 is 0. The summed E-state index contributed by atoms with van der Waals surface area (Å²) in [5, 5.41) is 2.96. The average molecular weight is 299 g/mol. The molecule has 1 unspecified atom stereocenters. The standard InChI is InChI=1S/C17H17NO4/c1-11(13-5-8-15-16(9-13)22-10-21-15)18-17(19)12-3-6-14(20-2)7-4-12/h3-9,11H,10H2,1-2H3,(H,18,19). The maximum absolute atomic E-state index is 12.3. The van der Waals surface area contributed by atoms with Crippen LogP contribution in [-0.2, 0) is 0 Å². The minimum atomic E-state index is -0.135. The largest absolute Gasteiger partial charge is 0.497 e. The van der Waals surface area contributed by atoms with Crippen molar-refractivity contribution in [2.75, 3.05) is 13.9 Å². The molecular formula is C17H17NO4. The predicted octanol–water partition coefficient (Wildman–Crippen LogP) is 2.91. The summed E-state index contributed by atoms with van der Waals surface area (Å²) in [6.45, 7) is 2.17. The highest BCUT2D eigenvalue weighted by atomic mass is 16.7. The third-order valence-corrected chi connectivity index (χ3v) is 3.60. The van der Waals surface area contributed by atoms with Gasteiger partial charge in [0.15, 0.2) is 11.5 Å². The molecule has 0 saturated carbocycles. The predicted molar refractivity (Wildman–Crippen MR) is 81.4 cm³/mol. The van der Waals surface area contributed by atoms with Crippen LogP contribution in [0.3, 0.4) is 0 Å². The summed E-state index contributed by atoms with van der Waals surface area (Å²) in [5.41, 5.74) is 1.56. The van der Waals surface area contributed by atoms with Crippen LogP contribution in [0.1, 0.15) is 28.9 Å². The number of rotatable bonds is 4. The van der Waals surface area contributed by atoms with Crippen LogP contribution >= 0.6 is 0 Å². The fourth-order valence-electron chi connectivity index (χ4n) is 2.29. The minimum Gasteiger partial charge on any atom is -0.497 e. The topological polar surface area (TPSA) is 56.8 Å². The van der Waals surface area contributed by atoms with E-state index in [0.717, 1.165) is 17.1 Å². The average Bonchev–Trinajstić information content (AvgIpc) is 3.02. The molecule has 0 aliphatic carbocycles. The summed E-state index contributed by atoms with van der Waals surface area (Å²) in [7, 11) is 1.59. The van der Waals surface area contributed by atoms with E-state index < -0.39 is 0 Å². The van der Waals surface area contributed by atoms with Gasteiger partial charge in [0.25, 0.3) is 5.91 Å². The zero-order valence-corrected chi connectivity index (χ0v) is 12.5. The zero-order chi connectivity index (χ0) is 15.5. The maximum Gasteiger partial charge on any atom is 0.251 e. The van der Waals surface area contributed by atoms with E-state index in [9.17, 15) is 4.79 Å². The van der Waals surface area contributed by atoms with Crippen molar-refractivity contribution in [3.8, 4) is 17.2 Å². The zero-order valence-electron chi connectivity index (χ0n) is 12.5. The molecule has 22 heavy (non-hydrogen) atoms. The lowest BCUT2D eigenvalue weighted by atomic mass is 10.1. The van der Waals surface area contributed by atoms with Crippen LogP contribution < -0.4 is 19.5 Å². The second-order valence-electron chi connectivity index (χ2n) is 5.04. The molecule has 0 saturated heterocycles. The number of ether oxygens (including phenoxy) is 3. The van der Waals surface area contributed by atoms with Gasteiger partial charge in [-0.25, -0.2) is 0 Å². The Hall–Kier alpha value is -2.69. The van der Waals surface area contributed by atoms with Crippen LogP contribution in [-0.4, -0.2) is 19.8 Å². The third kappa shape index (κ3) is 2.83. The number of hydrogen-bond acceptors (Lipinski definition) is 4. The fraction of sp³-hybridized carbons (Fsp3) is 0.235. The number of carbonyl (C=O) groups excluding carboxylic acids is 1. The second-order valence-corrected chi connectivity index (χ2v) is 5.04. The van der Waals surface area contributed by atoms with E-state index in [2.05, 4.69) is 5.32 Å². The molecule has 0 spiro atoms. The van der Waals surface area contributed by atoms with Crippen LogP contribution in [0.4, 0.5) is 0 Å². The molecule has 1 amide bonds. The molecule has 5 heteroatoms. The molecule has 1 aliphatic rings. The highest BCUT2D eigenvalue weighted by molar-refractivity contribution is 5.94. The van der Waals surface area contributed by atoms with Crippen molar-refractivity contribution >= 4 is 5.91 Å². The van der Waals surface area contributed by atoms with Gasteiger partial charge in [0.05, 0.1) is 13.2 Å². The number of amides is 1. The highest BCUT2D eigenvalue weighted by Crippen LogP contribution is 2.34. The summed E-state index contributed by atoms with van der Waals surface area (Å²) in [6, 6.07) is 12.5. The van der Waals surface area contributed by atoms with Gasteiger partial charge in [-0.15, -0.1) is 0 Å². The molecule has 0 radical (unpaired) electrons. The first-order valence-corrected chi connectivity index (χ1v) is 7.02. The molecule has 1 heterocycles. The quantitative estimate of drug-likeness (QED) is 0.943. The molecule has 2 aromatic carbocycles. The molecule has 5 nitrogen and oxygen atoms in total. The van der Waals surface area contributed by atoms with Crippen molar-refractivity contribution in [2.24, 2.45) is 0 Å². The number of hydrogen-bond donors (Lipinski definition) is 1. The first-order valence-electron chi connectivity index (χ1n) is 7.02. The Morgan fingerprint density at radius 2 is 1.86 bits per heavy atom. The van der Waals surface area contributed by atoms with Gasteiger partial charge in [0.2, 0.25) is 6.79 Å². The van der Waals surface area contributed by atoms with Crippen LogP contribution in [0.5, 0.6) is 17.2 Å². The van der Waals surface area contributed by atoms with E-state index in [1.807, 2.05) is 25.1 Å². The van der Waals surface area contributed by atoms with Crippen LogP contribution in [0.15, 0.2) is 42.5 Å². The Bertz CT molecular complexity index is 682. The molecule has 0 fully saturated rings. The lowest BCUT2D eigenvalue weighted by molar-refractivity contribution is 0.0939. The van der Waals surface area contributed by atoms with Crippen molar-refractivity contribution in [1.29, 1.82) is 0 Å². The molecule has 0 aromatic heterocycles. The van der Waals surface area contributed by atoms with E-state index in [-0.39, 0.29) is 18.7 Å². The molecule has 1 aliphatic heterocycles. The van der Waals surface area contributed by atoms with Gasteiger partial charge in [-0.2, -0.15) is 0 Å². The lowest BCUT2D eigenvalue weighted by Gasteiger charge is -2.15. The second kappa shape index (κ2) is 5.97. The van der Waals surface area contributed by atoms with Gasteiger partial charge in [-0.05, 0) is 48.9 Å². The number of methoxy groups -OCH3 is 1. The third-order valence-electron chi connectivity index (χ3n) is 3.60. The smallest absolute Gasteiger partial charge is 0.251 e. The first-order chi connectivity index (χ1) is 10.7.